The van der Waals surface area contributed by atoms with Crippen LogP contribution in [0.1, 0.15) is 55.5 Å². The average molecular weight is 566 g/mol. The second-order valence-corrected chi connectivity index (χ2v) is 12.7. The van der Waals surface area contributed by atoms with Crippen molar-refractivity contribution in [2.45, 2.75) is 74.8 Å². The highest BCUT2D eigenvalue weighted by molar-refractivity contribution is 7.91. The third-order valence-corrected chi connectivity index (χ3v) is 9.30. The van der Waals surface area contributed by atoms with Gasteiger partial charge in [-0.05, 0) is 61.9 Å². The normalized spacial score (nSPS) is 24.3. The molecule has 1 aliphatic heterocycles. The Labute approximate surface area is 227 Å². The Hall–Kier alpha value is -2.92. The first-order valence-electron chi connectivity index (χ1n) is 13.2. The van der Waals surface area contributed by atoms with Gasteiger partial charge in [-0.3, -0.25) is 9.59 Å². The van der Waals surface area contributed by atoms with Crippen LogP contribution in [0.15, 0.2) is 59.5 Å². The van der Waals surface area contributed by atoms with E-state index in [1.54, 1.807) is 35.2 Å². The molecule has 212 valence electrons. The minimum atomic E-state index is -4.59. The maximum atomic E-state index is 13.4. The Morgan fingerprint density at radius 1 is 1.05 bits per heavy atom. The number of sulfone groups is 1. The number of rotatable bonds is 8. The summed E-state index contributed by atoms with van der Waals surface area (Å²) < 4.78 is 65.8. The SMILES string of the molecule is CC(C)NC1CCC(N2CCC(NC(=O)c3cccc(C(F)(F)F)c3)C2=O)C(CS(=O)(=O)c2ccccc2)C1. The number of likely N-dealkylation sites (tertiary alicyclic amines) is 1. The average Bonchev–Trinajstić information content (AvgIpc) is 3.23. The molecule has 2 aromatic carbocycles. The summed E-state index contributed by atoms with van der Waals surface area (Å²) in [5.74, 6) is -1.52. The number of carbonyl (C=O) groups excluding carboxylic acids is 2. The summed E-state index contributed by atoms with van der Waals surface area (Å²) in [5.41, 5.74) is -1.12. The molecule has 2 fully saturated rings. The highest BCUT2D eigenvalue weighted by Crippen LogP contribution is 2.34. The number of carbonyl (C=O) groups is 2. The molecule has 0 bridgehead atoms. The first-order valence-corrected chi connectivity index (χ1v) is 14.8. The van der Waals surface area contributed by atoms with Crippen molar-refractivity contribution in [2.24, 2.45) is 5.92 Å². The second kappa shape index (κ2) is 11.7. The molecule has 4 unspecified atom stereocenters. The number of nitrogens with one attached hydrogen (secondary N) is 2. The standard InChI is InChI=1S/C28H34F3N3O4S/c1-18(2)32-22-11-12-25(20(16-22)17-39(37,38)23-9-4-3-5-10-23)34-14-13-24(27(34)36)33-26(35)19-7-6-8-21(15-19)28(29,30)31/h3-10,15,18,20,22,24-25,32H,11-14,16-17H2,1-2H3,(H,33,35). The minimum absolute atomic E-state index is 0.108. The van der Waals surface area contributed by atoms with Crippen LogP contribution in [0.5, 0.6) is 0 Å². The van der Waals surface area contributed by atoms with E-state index in [9.17, 15) is 31.2 Å². The summed E-state index contributed by atoms with van der Waals surface area (Å²) in [4.78, 5) is 28.0. The maximum Gasteiger partial charge on any atom is 0.416 e. The molecule has 0 radical (unpaired) electrons. The molecular weight excluding hydrogens is 531 g/mol. The van der Waals surface area contributed by atoms with Crippen LogP contribution in [0, 0.1) is 5.92 Å². The lowest BCUT2D eigenvalue weighted by molar-refractivity contribution is -0.137. The van der Waals surface area contributed by atoms with Crippen LogP contribution in [-0.2, 0) is 20.8 Å². The zero-order valence-electron chi connectivity index (χ0n) is 21.9. The number of alkyl halides is 3. The Morgan fingerprint density at radius 2 is 1.77 bits per heavy atom. The van der Waals surface area contributed by atoms with Crippen LogP contribution in [0.3, 0.4) is 0 Å². The molecule has 2 aromatic rings. The molecule has 2 amide bonds. The third-order valence-electron chi connectivity index (χ3n) is 7.44. The van der Waals surface area contributed by atoms with Gasteiger partial charge in [0.1, 0.15) is 6.04 Å². The van der Waals surface area contributed by atoms with Crippen LogP contribution < -0.4 is 10.6 Å². The molecule has 4 rings (SSSR count). The molecule has 2 aliphatic rings. The lowest BCUT2D eigenvalue weighted by Gasteiger charge is -2.41. The number of amides is 2. The van der Waals surface area contributed by atoms with E-state index >= 15 is 0 Å². The number of nitrogens with zero attached hydrogens (tertiary/aromatic N) is 1. The van der Waals surface area contributed by atoms with Crippen molar-refractivity contribution < 1.29 is 31.2 Å². The Bertz CT molecular complexity index is 1280. The molecule has 11 heteroatoms. The molecule has 0 aromatic heterocycles. The van der Waals surface area contributed by atoms with Gasteiger partial charge in [0.2, 0.25) is 5.91 Å². The van der Waals surface area contributed by atoms with Crippen LogP contribution in [-0.4, -0.2) is 61.6 Å². The van der Waals surface area contributed by atoms with Gasteiger partial charge in [-0.15, -0.1) is 0 Å². The van der Waals surface area contributed by atoms with Crippen molar-refractivity contribution in [3.8, 4) is 0 Å². The van der Waals surface area contributed by atoms with Crippen molar-refractivity contribution in [1.29, 1.82) is 0 Å². The molecule has 1 heterocycles. The van der Waals surface area contributed by atoms with E-state index in [-0.39, 0.29) is 46.2 Å². The minimum Gasteiger partial charge on any atom is -0.340 e. The van der Waals surface area contributed by atoms with Gasteiger partial charge in [0.25, 0.3) is 5.91 Å². The fourth-order valence-electron chi connectivity index (χ4n) is 5.71. The van der Waals surface area contributed by atoms with Crippen molar-refractivity contribution in [3.63, 3.8) is 0 Å². The molecule has 1 aliphatic carbocycles. The lowest BCUT2D eigenvalue weighted by atomic mass is 9.81. The Balaban J connectivity index is 1.49. The topological polar surface area (TPSA) is 95.6 Å². The molecule has 0 spiro atoms. The van der Waals surface area contributed by atoms with E-state index in [1.165, 1.54) is 6.07 Å². The molecule has 39 heavy (non-hydrogen) atoms. The van der Waals surface area contributed by atoms with Gasteiger partial charge in [-0.1, -0.05) is 38.1 Å². The highest BCUT2D eigenvalue weighted by atomic mass is 32.2. The molecule has 2 N–H and O–H groups in total. The number of hydrogen-bond donors (Lipinski definition) is 2. The monoisotopic (exact) mass is 565 g/mol. The molecule has 4 atom stereocenters. The quantitative estimate of drug-likeness (QED) is 0.504. The van der Waals surface area contributed by atoms with E-state index in [4.69, 9.17) is 0 Å². The fourth-order valence-corrected chi connectivity index (χ4v) is 7.40. The van der Waals surface area contributed by atoms with Gasteiger partial charge in [0.05, 0.1) is 16.2 Å². The van der Waals surface area contributed by atoms with Gasteiger partial charge < -0.3 is 15.5 Å². The van der Waals surface area contributed by atoms with Crippen molar-refractivity contribution in [1.82, 2.24) is 15.5 Å². The van der Waals surface area contributed by atoms with Gasteiger partial charge in [0.15, 0.2) is 9.84 Å². The summed E-state index contributed by atoms with van der Waals surface area (Å²) in [6, 6.07) is 11.4. The predicted octanol–water partition coefficient (Wildman–Crippen LogP) is 4.05. The van der Waals surface area contributed by atoms with E-state index in [1.807, 2.05) is 13.8 Å². The first kappa shape index (κ1) is 29.1. The van der Waals surface area contributed by atoms with Crippen LogP contribution in [0.4, 0.5) is 13.2 Å². The number of hydrogen-bond acceptors (Lipinski definition) is 5. The summed E-state index contributed by atoms with van der Waals surface area (Å²) in [6.07, 6.45) is -2.32. The van der Waals surface area contributed by atoms with Gasteiger partial charge in [-0.2, -0.15) is 13.2 Å². The highest BCUT2D eigenvalue weighted by Gasteiger charge is 2.43. The number of halogens is 3. The van der Waals surface area contributed by atoms with Crippen LogP contribution in [0.2, 0.25) is 0 Å². The Morgan fingerprint density at radius 3 is 2.44 bits per heavy atom. The largest absolute Gasteiger partial charge is 0.416 e. The zero-order chi connectivity index (χ0) is 28.4. The van der Waals surface area contributed by atoms with Crippen molar-refractivity contribution >= 4 is 21.7 Å². The summed E-state index contributed by atoms with van der Waals surface area (Å²) >= 11 is 0. The van der Waals surface area contributed by atoms with Crippen LogP contribution in [0.25, 0.3) is 0 Å². The molecular formula is C28H34F3N3O4S. The second-order valence-electron chi connectivity index (χ2n) is 10.7. The van der Waals surface area contributed by atoms with Gasteiger partial charge in [0, 0.05) is 30.2 Å². The molecule has 7 nitrogen and oxygen atoms in total. The number of benzene rings is 2. The smallest absolute Gasteiger partial charge is 0.340 e. The van der Waals surface area contributed by atoms with E-state index in [2.05, 4.69) is 10.6 Å². The van der Waals surface area contributed by atoms with Gasteiger partial charge >= 0.3 is 6.18 Å². The van der Waals surface area contributed by atoms with E-state index < -0.39 is 33.5 Å². The summed E-state index contributed by atoms with van der Waals surface area (Å²) in [7, 11) is -3.60. The Kier molecular flexibility index (Phi) is 8.70. The van der Waals surface area contributed by atoms with Crippen molar-refractivity contribution in [3.05, 3.63) is 65.7 Å². The lowest BCUT2D eigenvalue weighted by Crippen LogP contribution is -2.52. The van der Waals surface area contributed by atoms with Crippen LogP contribution >= 0.6 is 0 Å². The fraction of sp³-hybridized carbons (Fsp3) is 0.500. The zero-order valence-corrected chi connectivity index (χ0v) is 22.8. The maximum absolute atomic E-state index is 13.4. The first-order chi connectivity index (χ1) is 18.3. The van der Waals surface area contributed by atoms with Crippen molar-refractivity contribution in [2.75, 3.05) is 12.3 Å². The summed E-state index contributed by atoms with van der Waals surface area (Å²) in [6.45, 7) is 4.40. The van der Waals surface area contributed by atoms with E-state index in [0.29, 0.717) is 25.8 Å². The third kappa shape index (κ3) is 7.00. The molecule has 1 saturated heterocycles. The molecule has 1 saturated carbocycles. The van der Waals surface area contributed by atoms with Gasteiger partial charge in [-0.25, -0.2) is 8.42 Å². The van der Waals surface area contributed by atoms with E-state index in [0.717, 1.165) is 24.6 Å². The summed E-state index contributed by atoms with van der Waals surface area (Å²) in [5, 5.41) is 6.08. The predicted molar refractivity (Wildman–Crippen MR) is 141 cm³/mol.